The largest absolute Gasteiger partial charge is 0.492 e. The van der Waals surface area contributed by atoms with Gasteiger partial charge in [-0.3, -0.25) is 0 Å². The van der Waals surface area contributed by atoms with Crippen molar-refractivity contribution in [3.8, 4) is 11.8 Å². The Labute approximate surface area is 179 Å². The molecule has 0 radical (unpaired) electrons. The van der Waals surface area contributed by atoms with E-state index in [-0.39, 0.29) is 18.0 Å². The van der Waals surface area contributed by atoms with E-state index in [1.165, 1.54) is 30.3 Å². The first-order chi connectivity index (χ1) is 14.7. The molecule has 174 valence electrons. The van der Waals surface area contributed by atoms with Gasteiger partial charge in [-0.2, -0.15) is 31.6 Å². The van der Waals surface area contributed by atoms with Crippen LogP contribution in [0.5, 0.6) is 5.75 Å². The van der Waals surface area contributed by atoms with Gasteiger partial charge in [-0.25, -0.2) is 13.6 Å². The van der Waals surface area contributed by atoms with E-state index < -0.39 is 52.3 Å². The highest BCUT2D eigenvalue weighted by molar-refractivity contribution is 7.88. The molecule has 0 saturated carbocycles. The molecule has 13 heteroatoms. The number of hydrogen-bond donors (Lipinski definition) is 1. The van der Waals surface area contributed by atoms with Crippen LogP contribution in [0.4, 0.5) is 32.0 Å². The Kier molecular flexibility index (Phi) is 7.63. The molecule has 0 aromatic heterocycles. The van der Waals surface area contributed by atoms with Crippen LogP contribution in [0.25, 0.3) is 0 Å². The van der Waals surface area contributed by atoms with E-state index in [2.05, 4.69) is 0 Å². The third-order valence-corrected chi connectivity index (χ3v) is 4.82. The highest BCUT2D eigenvalue weighted by Gasteiger charge is 2.36. The van der Waals surface area contributed by atoms with E-state index in [1.807, 2.05) is 0 Å². The molecule has 0 bridgehead atoms. The molecule has 0 aliphatic heterocycles. The summed E-state index contributed by atoms with van der Waals surface area (Å²) >= 11 is 0. The van der Waals surface area contributed by atoms with Gasteiger partial charge in [0.25, 0.3) is 0 Å². The average molecular weight is 481 g/mol. The predicted molar refractivity (Wildman–Crippen MR) is 103 cm³/mol. The van der Waals surface area contributed by atoms with Gasteiger partial charge in [-0.15, -0.1) is 0 Å². The maximum atomic E-state index is 13.2. The van der Waals surface area contributed by atoms with Crippen molar-refractivity contribution >= 4 is 15.7 Å². The molecule has 0 aliphatic carbocycles. The molecule has 0 heterocycles. The average Bonchev–Trinajstić information content (AvgIpc) is 2.65. The third-order valence-electron chi connectivity index (χ3n) is 4.09. The van der Waals surface area contributed by atoms with Gasteiger partial charge in [0.05, 0.1) is 29.5 Å². The molecule has 0 unspecified atom stereocenters. The zero-order valence-electron chi connectivity index (χ0n) is 16.2. The Bertz CT molecular complexity index is 1080. The lowest BCUT2D eigenvalue weighted by atomic mass is 10.1. The Morgan fingerprint density at radius 3 is 2.16 bits per heavy atom. The summed E-state index contributed by atoms with van der Waals surface area (Å²) in [6, 6.07) is 9.26. The van der Waals surface area contributed by atoms with Crippen LogP contribution in [0, 0.1) is 11.3 Å². The number of anilines is 1. The summed E-state index contributed by atoms with van der Waals surface area (Å²) in [5, 5.41) is 13.8. The normalized spacial score (nSPS) is 12.3. The van der Waals surface area contributed by atoms with E-state index in [4.69, 9.17) is 15.1 Å². The third kappa shape index (κ3) is 7.93. The summed E-state index contributed by atoms with van der Waals surface area (Å²) in [6.07, 6.45) is -9.62. The van der Waals surface area contributed by atoms with Gasteiger partial charge in [-0.1, -0.05) is 12.1 Å². The second-order valence-electron chi connectivity index (χ2n) is 6.68. The number of alkyl halides is 6. The molecule has 2 aromatic rings. The van der Waals surface area contributed by atoms with Crippen LogP contribution in [-0.4, -0.2) is 34.3 Å². The van der Waals surface area contributed by atoms with Crippen molar-refractivity contribution in [2.75, 3.05) is 24.6 Å². The fraction of sp³-hybridized carbons (Fsp3) is 0.316. The summed E-state index contributed by atoms with van der Waals surface area (Å²) in [7, 11) is -3.74. The Morgan fingerprint density at radius 2 is 1.66 bits per heavy atom. The Hall–Kier alpha value is -2.98. The summed E-state index contributed by atoms with van der Waals surface area (Å²) in [6.45, 7) is -2.26. The van der Waals surface area contributed by atoms with Gasteiger partial charge in [0.15, 0.2) is 0 Å². The van der Waals surface area contributed by atoms with E-state index in [9.17, 15) is 34.8 Å². The van der Waals surface area contributed by atoms with Crippen molar-refractivity contribution in [1.82, 2.24) is 0 Å². The van der Waals surface area contributed by atoms with Gasteiger partial charge in [-0.05, 0) is 35.9 Å². The predicted octanol–water partition coefficient (Wildman–Crippen LogP) is 3.81. The number of sulfonamides is 1. The molecule has 32 heavy (non-hydrogen) atoms. The molecule has 0 amide bonds. The van der Waals surface area contributed by atoms with Crippen molar-refractivity contribution in [3.05, 3.63) is 59.2 Å². The lowest BCUT2D eigenvalue weighted by Crippen LogP contribution is -2.37. The second-order valence-corrected chi connectivity index (χ2v) is 8.29. The van der Waals surface area contributed by atoms with Gasteiger partial charge >= 0.3 is 12.4 Å². The minimum Gasteiger partial charge on any atom is -0.492 e. The molecule has 0 aliphatic rings. The fourth-order valence-electron chi connectivity index (χ4n) is 2.76. The standard InChI is InChI=1S/C19H17F6N3O3S/c20-18(21,22)12-28(15-4-3-14(10-26)17(9-15)19(23,24)25)7-8-31-16-5-1-13(2-6-16)11-32(27,29)30/h1-6,9H,7-8,11-12H2,(H2,27,29,30). The van der Waals surface area contributed by atoms with Crippen LogP contribution in [0.2, 0.25) is 0 Å². The van der Waals surface area contributed by atoms with E-state index in [0.717, 1.165) is 12.1 Å². The number of nitrogens with zero attached hydrogens (tertiary/aromatic N) is 2. The first-order valence-corrected chi connectivity index (χ1v) is 10.5. The number of nitrogens with two attached hydrogens (primary N) is 1. The zero-order valence-corrected chi connectivity index (χ0v) is 17.1. The minimum absolute atomic E-state index is 0.214. The van der Waals surface area contributed by atoms with Gasteiger partial charge in [0.2, 0.25) is 10.0 Å². The molecule has 6 nitrogen and oxygen atoms in total. The maximum Gasteiger partial charge on any atom is 0.417 e. The Morgan fingerprint density at radius 1 is 1.03 bits per heavy atom. The second kappa shape index (κ2) is 9.66. The highest BCUT2D eigenvalue weighted by atomic mass is 32.2. The quantitative estimate of drug-likeness (QED) is 0.579. The van der Waals surface area contributed by atoms with Crippen molar-refractivity contribution in [2.24, 2.45) is 5.14 Å². The number of ether oxygens (including phenoxy) is 1. The van der Waals surface area contributed by atoms with E-state index in [0.29, 0.717) is 16.5 Å². The van der Waals surface area contributed by atoms with Gasteiger partial charge in [0.1, 0.15) is 18.9 Å². The number of benzene rings is 2. The number of primary sulfonamides is 1. The lowest BCUT2D eigenvalue weighted by molar-refractivity contribution is -0.137. The zero-order chi connectivity index (χ0) is 24.2. The van der Waals surface area contributed by atoms with Crippen molar-refractivity contribution < 1.29 is 39.5 Å². The first kappa shape index (κ1) is 25.3. The monoisotopic (exact) mass is 481 g/mol. The van der Waals surface area contributed by atoms with Crippen LogP contribution in [0.1, 0.15) is 16.7 Å². The fourth-order valence-corrected chi connectivity index (χ4v) is 3.42. The molecule has 2 rings (SSSR count). The molecular weight excluding hydrogens is 464 g/mol. The van der Waals surface area contributed by atoms with Crippen LogP contribution >= 0.6 is 0 Å². The van der Waals surface area contributed by atoms with E-state index in [1.54, 1.807) is 0 Å². The number of rotatable bonds is 8. The minimum atomic E-state index is -4.92. The molecule has 0 fully saturated rings. The first-order valence-electron chi connectivity index (χ1n) is 8.83. The summed E-state index contributed by atoms with van der Waals surface area (Å²) < 4.78 is 106. The van der Waals surface area contributed by atoms with Crippen LogP contribution in [0.15, 0.2) is 42.5 Å². The van der Waals surface area contributed by atoms with Crippen LogP contribution in [-0.2, 0) is 22.0 Å². The van der Waals surface area contributed by atoms with Crippen molar-refractivity contribution in [2.45, 2.75) is 18.1 Å². The van der Waals surface area contributed by atoms with Crippen molar-refractivity contribution in [3.63, 3.8) is 0 Å². The number of halogens is 6. The molecule has 2 N–H and O–H groups in total. The molecule has 0 saturated heterocycles. The van der Waals surface area contributed by atoms with Crippen LogP contribution < -0.4 is 14.8 Å². The summed E-state index contributed by atoms with van der Waals surface area (Å²) in [4.78, 5) is 0.658. The van der Waals surface area contributed by atoms with E-state index >= 15 is 0 Å². The maximum absolute atomic E-state index is 13.2. The molecular formula is C19H17F6N3O3S. The Balaban J connectivity index is 2.16. The van der Waals surface area contributed by atoms with Crippen molar-refractivity contribution in [1.29, 1.82) is 5.26 Å². The van der Waals surface area contributed by atoms with Crippen LogP contribution in [0.3, 0.4) is 0 Å². The number of nitriles is 1. The highest BCUT2D eigenvalue weighted by Crippen LogP contribution is 2.35. The number of hydrogen-bond acceptors (Lipinski definition) is 5. The lowest BCUT2D eigenvalue weighted by Gasteiger charge is -2.27. The smallest absolute Gasteiger partial charge is 0.417 e. The molecule has 2 aromatic carbocycles. The van der Waals surface area contributed by atoms with Gasteiger partial charge < -0.3 is 9.64 Å². The molecule has 0 spiro atoms. The SMILES string of the molecule is N#Cc1ccc(N(CCOc2ccc(CS(N)(=O)=O)cc2)CC(F)(F)F)cc1C(F)(F)F. The topological polar surface area (TPSA) is 96.4 Å². The summed E-state index contributed by atoms with van der Waals surface area (Å²) in [5.74, 6) is -0.196. The molecule has 0 atom stereocenters. The van der Waals surface area contributed by atoms with Gasteiger partial charge in [0, 0.05) is 5.69 Å². The summed E-state index contributed by atoms with van der Waals surface area (Å²) in [5.41, 5.74) is -2.04.